The fraction of sp³-hybridized carbons (Fsp3) is 0.364. The van der Waals surface area contributed by atoms with E-state index in [0.29, 0.717) is 5.56 Å². The van der Waals surface area contributed by atoms with Crippen LogP contribution >= 0.6 is 0 Å². The number of carbonyl (C=O) groups excluding carboxylic acids is 1. The predicted molar refractivity (Wildman–Crippen MR) is 51.9 cm³/mol. The smallest absolute Gasteiger partial charge is 0.335 e. The van der Waals surface area contributed by atoms with Gasteiger partial charge < -0.3 is 14.9 Å². The van der Waals surface area contributed by atoms with Crippen LogP contribution in [-0.4, -0.2) is 28.4 Å². The Balaban J connectivity index is 2.10. The monoisotopic (exact) mass is 208 g/mol. The topological polar surface area (TPSA) is 66.8 Å². The molecule has 1 aliphatic heterocycles. The van der Waals surface area contributed by atoms with E-state index in [-0.39, 0.29) is 6.42 Å². The van der Waals surface area contributed by atoms with Crippen molar-refractivity contribution in [2.45, 2.75) is 24.7 Å². The van der Waals surface area contributed by atoms with Crippen molar-refractivity contribution in [3.63, 3.8) is 0 Å². The first kappa shape index (κ1) is 10.1. The zero-order valence-electron chi connectivity index (χ0n) is 8.04. The highest BCUT2D eigenvalue weighted by Gasteiger charge is 2.37. The van der Waals surface area contributed by atoms with Gasteiger partial charge in [-0.05, 0) is 5.56 Å². The van der Waals surface area contributed by atoms with Crippen molar-refractivity contribution in [2.75, 3.05) is 0 Å². The molecule has 0 amide bonds. The number of hydrogen-bond donors (Lipinski definition) is 2. The van der Waals surface area contributed by atoms with Gasteiger partial charge in [0.1, 0.15) is 12.2 Å². The lowest BCUT2D eigenvalue weighted by molar-refractivity contribution is -0.150. The van der Waals surface area contributed by atoms with Crippen LogP contribution < -0.4 is 0 Å². The Kier molecular flexibility index (Phi) is 2.70. The molecule has 0 unspecified atom stereocenters. The molecule has 3 atom stereocenters. The zero-order valence-corrected chi connectivity index (χ0v) is 8.04. The summed E-state index contributed by atoms with van der Waals surface area (Å²) >= 11 is 0. The zero-order chi connectivity index (χ0) is 10.8. The molecule has 0 aliphatic carbocycles. The molecule has 4 heteroatoms. The number of hydrogen-bond acceptors (Lipinski definition) is 4. The molecule has 2 rings (SSSR count). The van der Waals surface area contributed by atoms with E-state index >= 15 is 0 Å². The molecule has 15 heavy (non-hydrogen) atoms. The van der Waals surface area contributed by atoms with Crippen LogP contribution in [0.15, 0.2) is 30.3 Å². The Morgan fingerprint density at radius 1 is 1.33 bits per heavy atom. The summed E-state index contributed by atoms with van der Waals surface area (Å²) in [6.07, 6.45) is -2.47. The third-order valence-electron chi connectivity index (χ3n) is 2.49. The third-order valence-corrected chi connectivity index (χ3v) is 2.49. The molecule has 1 aromatic carbocycles. The van der Waals surface area contributed by atoms with Crippen molar-refractivity contribution in [2.24, 2.45) is 0 Å². The summed E-state index contributed by atoms with van der Waals surface area (Å²) in [5.74, 6) is -0.657. The van der Waals surface area contributed by atoms with E-state index in [1.165, 1.54) is 0 Å². The number of aliphatic hydroxyl groups is 2. The largest absolute Gasteiger partial charge is 0.457 e. The Hall–Kier alpha value is -1.39. The molecule has 4 nitrogen and oxygen atoms in total. The summed E-state index contributed by atoms with van der Waals surface area (Å²) in [6, 6.07) is 8.94. The normalized spacial score (nSPS) is 27.5. The van der Waals surface area contributed by atoms with Crippen molar-refractivity contribution in [3.8, 4) is 0 Å². The standard InChI is InChI=1S/C11H12O4/c12-8-6-9(15-11(8)14)10(13)7-4-2-1-3-5-7/h1-5,8-10,12-13H,6H2/t8-,9-,10-/m1/s1. The van der Waals surface area contributed by atoms with Crippen LogP contribution in [0.3, 0.4) is 0 Å². The van der Waals surface area contributed by atoms with Gasteiger partial charge in [0.15, 0.2) is 6.10 Å². The molecule has 1 saturated heterocycles. The molecule has 0 spiro atoms. The number of benzene rings is 1. The van der Waals surface area contributed by atoms with Crippen LogP contribution in [0, 0.1) is 0 Å². The Labute approximate surface area is 87.1 Å². The molecule has 1 aliphatic rings. The van der Waals surface area contributed by atoms with Crippen molar-refractivity contribution in [1.29, 1.82) is 0 Å². The lowest BCUT2D eigenvalue weighted by atomic mass is 10.0. The van der Waals surface area contributed by atoms with Crippen molar-refractivity contribution >= 4 is 5.97 Å². The van der Waals surface area contributed by atoms with Gasteiger partial charge in [-0.3, -0.25) is 0 Å². The summed E-state index contributed by atoms with van der Waals surface area (Å²) in [6.45, 7) is 0. The Morgan fingerprint density at radius 3 is 2.53 bits per heavy atom. The average molecular weight is 208 g/mol. The number of rotatable bonds is 2. The molecule has 0 aromatic heterocycles. The molecule has 1 aromatic rings. The quantitative estimate of drug-likeness (QED) is 0.690. The summed E-state index contributed by atoms with van der Waals surface area (Å²) in [5.41, 5.74) is 0.685. The Bertz CT molecular complexity index is 349. The first-order valence-electron chi connectivity index (χ1n) is 4.80. The number of aliphatic hydroxyl groups excluding tert-OH is 2. The van der Waals surface area contributed by atoms with Crippen LogP contribution in [0.25, 0.3) is 0 Å². The van der Waals surface area contributed by atoms with Crippen molar-refractivity contribution in [3.05, 3.63) is 35.9 Å². The molecule has 0 bridgehead atoms. The highest BCUT2D eigenvalue weighted by molar-refractivity contribution is 5.76. The summed E-state index contributed by atoms with van der Waals surface area (Å²) < 4.78 is 4.85. The van der Waals surface area contributed by atoms with Crippen LogP contribution in [-0.2, 0) is 9.53 Å². The minimum atomic E-state index is -1.10. The number of ether oxygens (including phenoxy) is 1. The minimum Gasteiger partial charge on any atom is -0.457 e. The van der Waals surface area contributed by atoms with E-state index in [9.17, 15) is 15.0 Å². The van der Waals surface area contributed by atoms with Crippen molar-refractivity contribution < 1.29 is 19.7 Å². The van der Waals surface area contributed by atoms with Gasteiger partial charge in [-0.2, -0.15) is 0 Å². The third kappa shape index (κ3) is 2.00. The number of cyclic esters (lactones) is 1. The van der Waals surface area contributed by atoms with Crippen LogP contribution in [0.2, 0.25) is 0 Å². The van der Waals surface area contributed by atoms with Gasteiger partial charge in [0, 0.05) is 6.42 Å². The van der Waals surface area contributed by atoms with Crippen LogP contribution in [0.1, 0.15) is 18.1 Å². The van der Waals surface area contributed by atoms with Crippen molar-refractivity contribution in [1.82, 2.24) is 0 Å². The second kappa shape index (κ2) is 4.00. The van der Waals surface area contributed by atoms with E-state index < -0.39 is 24.3 Å². The highest BCUT2D eigenvalue weighted by atomic mass is 16.6. The van der Waals surface area contributed by atoms with E-state index in [1.54, 1.807) is 24.3 Å². The molecule has 2 N–H and O–H groups in total. The molecule has 1 fully saturated rings. The van der Waals surface area contributed by atoms with Crippen LogP contribution in [0.4, 0.5) is 0 Å². The van der Waals surface area contributed by atoms with Gasteiger partial charge in [0.2, 0.25) is 0 Å². The van der Waals surface area contributed by atoms with E-state index in [4.69, 9.17) is 4.74 Å². The fourth-order valence-electron chi connectivity index (χ4n) is 1.65. The van der Waals surface area contributed by atoms with Gasteiger partial charge >= 0.3 is 5.97 Å². The van der Waals surface area contributed by atoms with Gasteiger partial charge in [-0.25, -0.2) is 4.79 Å². The van der Waals surface area contributed by atoms with E-state index in [2.05, 4.69) is 0 Å². The summed E-state index contributed by atoms with van der Waals surface area (Å²) in [5, 5.41) is 19.0. The van der Waals surface area contributed by atoms with Crippen LogP contribution in [0.5, 0.6) is 0 Å². The maximum Gasteiger partial charge on any atom is 0.335 e. The SMILES string of the molecule is O=C1O[C@@H]([C@H](O)c2ccccc2)C[C@H]1O. The first-order valence-corrected chi connectivity index (χ1v) is 4.80. The molecule has 1 heterocycles. The van der Waals surface area contributed by atoms with Gasteiger partial charge in [-0.15, -0.1) is 0 Å². The lowest BCUT2D eigenvalue weighted by Gasteiger charge is -2.16. The Morgan fingerprint density at radius 2 is 2.00 bits per heavy atom. The maximum atomic E-state index is 10.9. The average Bonchev–Trinajstić information content (AvgIpc) is 2.59. The second-order valence-electron chi connectivity index (χ2n) is 3.58. The number of carbonyl (C=O) groups is 1. The fourth-order valence-corrected chi connectivity index (χ4v) is 1.65. The van der Waals surface area contributed by atoms with Gasteiger partial charge in [0.25, 0.3) is 0 Å². The minimum absolute atomic E-state index is 0.148. The molecular weight excluding hydrogens is 196 g/mol. The lowest BCUT2D eigenvalue weighted by Crippen LogP contribution is -2.17. The number of esters is 1. The van der Waals surface area contributed by atoms with E-state index in [0.717, 1.165) is 0 Å². The second-order valence-corrected chi connectivity index (χ2v) is 3.58. The molecule has 0 radical (unpaired) electrons. The molecule has 80 valence electrons. The first-order chi connectivity index (χ1) is 7.18. The highest BCUT2D eigenvalue weighted by Crippen LogP contribution is 2.27. The van der Waals surface area contributed by atoms with Gasteiger partial charge in [0.05, 0.1) is 0 Å². The molecule has 0 saturated carbocycles. The van der Waals surface area contributed by atoms with Gasteiger partial charge in [-0.1, -0.05) is 30.3 Å². The van der Waals surface area contributed by atoms with E-state index in [1.807, 2.05) is 6.07 Å². The maximum absolute atomic E-state index is 10.9. The summed E-state index contributed by atoms with van der Waals surface area (Å²) in [4.78, 5) is 10.9. The summed E-state index contributed by atoms with van der Waals surface area (Å²) in [7, 11) is 0. The molecular formula is C11H12O4. The predicted octanol–water partition coefficient (Wildman–Crippen LogP) is 0.396.